The number of nitrogens with one attached hydrogen (secondary N) is 1. The van der Waals surface area contributed by atoms with E-state index in [0.29, 0.717) is 5.56 Å². The third-order valence-corrected chi connectivity index (χ3v) is 5.42. The van der Waals surface area contributed by atoms with E-state index < -0.39 is 39.2 Å². The van der Waals surface area contributed by atoms with Crippen LogP contribution in [0.1, 0.15) is 11.7 Å². The van der Waals surface area contributed by atoms with Crippen LogP contribution in [0.3, 0.4) is 0 Å². The number of aromatic nitrogens is 1. The van der Waals surface area contributed by atoms with Crippen LogP contribution in [0.4, 0.5) is 8.78 Å². The summed E-state index contributed by atoms with van der Waals surface area (Å²) < 4.78 is 55.5. The lowest BCUT2D eigenvalue weighted by atomic mass is 10.1. The minimum absolute atomic E-state index is 0.408. The Morgan fingerprint density at radius 3 is 2.52 bits per heavy atom. The Labute approximate surface area is 143 Å². The third kappa shape index (κ3) is 3.41. The average Bonchev–Trinajstić information content (AvgIpc) is 2.93. The molecule has 0 aliphatic carbocycles. The number of aliphatic hydroxyl groups is 1. The van der Waals surface area contributed by atoms with Gasteiger partial charge in [-0.25, -0.2) is 21.9 Å². The summed E-state index contributed by atoms with van der Waals surface area (Å²) in [5.41, 5.74) is 1.46. The Balaban J connectivity index is 1.79. The average molecular weight is 366 g/mol. The van der Waals surface area contributed by atoms with Crippen LogP contribution in [-0.4, -0.2) is 24.6 Å². The van der Waals surface area contributed by atoms with Gasteiger partial charge in [-0.15, -0.1) is 0 Å². The van der Waals surface area contributed by atoms with Gasteiger partial charge in [0.05, 0.1) is 6.10 Å². The number of aliphatic hydroxyl groups excluding tert-OH is 1. The SMILES string of the molecule is Cn1ccc2cc(C(O)CNS(=O)(=O)c3c(F)cccc3F)ccc21. The first-order valence-corrected chi connectivity index (χ1v) is 8.94. The molecule has 0 aliphatic rings. The van der Waals surface area contributed by atoms with Gasteiger partial charge in [-0.05, 0) is 41.3 Å². The van der Waals surface area contributed by atoms with Crippen molar-refractivity contribution in [2.45, 2.75) is 11.0 Å². The molecule has 0 bridgehead atoms. The van der Waals surface area contributed by atoms with Crippen molar-refractivity contribution in [3.63, 3.8) is 0 Å². The predicted molar refractivity (Wildman–Crippen MR) is 89.4 cm³/mol. The van der Waals surface area contributed by atoms with Crippen molar-refractivity contribution in [2.75, 3.05) is 6.54 Å². The van der Waals surface area contributed by atoms with Gasteiger partial charge < -0.3 is 9.67 Å². The Hall–Kier alpha value is -2.29. The van der Waals surface area contributed by atoms with Crippen molar-refractivity contribution in [1.29, 1.82) is 0 Å². The molecular weight excluding hydrogens is 350 g/mol. The second kappa shape index (κ2) is 6.55. The van der Waals surface area contributed by atoms with Gasteiger partial charge in [-0.2, -0.15) is 0 Å². The highest BCUT2D eigenvalue weighted by Crippen LogP contribution is 2.22. The van der Waals surface area contributed by atoms with Crippen LogP contribution in [-0.2, 0) is 17.1 Å². The van der Waals surface area contributed by atoms with E-state index in [4.69, 9.17) is 0 Å². The molecule has 3 aromatic rings. The fourth-order valence-corrected chi connectivity index (χ4v) is 3.80. The molecule has 0 aliphatic heterocycles. The minimum atomic E-state index is -4.43. The quantitative estimate of drug-likeness (QED) is 0.729. The molecule has 0 saturated heterocycles. The number of rotatable bonds is 5. The van der Waals surface area contributed by atoms with Gasteiger partial charge in [0.2, 0.25) is 10.0 Å². The highest BCUT2D eigenvalue weighted by atomic mass is 32.2. The molecule has 1 aromatic heterocycles. The van der Waals surface area contributed by atoms with Crippen LogP contribution in [0.2, 0.25) is 0 Å². The van der Waals surface area contributed by atoms with Gasteiger partial charge in [0.1, 0.15) is 11.6 Å². The molecule has 0 saturated carbocycles. The van der Waals surface area contributed by atoms with Crippen LogP contribution in [0.5, 0.6) is 0 Å². The maximum Gasteiger partial charge on any atom is 0.246 e. The molecule has 0 fully saturated rings. The van der Waals surface area contributed by atoms with Gasteiger partial charge in [-0.1, -0.05) is 12.1 Å². The zero-order chi connectivity index (χ0) is 18.2. The summed E-state index contributed by atoms with van der Waals surface area (Å²) in [7, 11) is -2.54. The molecule has 2 N–H and O–H groups in total. The van der Waals surface area contributed by atoms with E-state index in [2.05, 4.69) is 0 Å². The second-order valence-electron chi connectivity index (χ2n) is 5.66. The van der Waals surface area contributed by atoms with E-state index in [1.807, 2.05) is 28.6 Å². The number of benzene rings is 2. The zero-order valence-electron chi connectivity index (χ0n) is 13.3. The van der Waals surface area contributed by atoms with E-state index in [1.54, 1.807) is 18.2 Å². The first-order chi connectivity index (χ1) is 11.8. The fourth-order valence-electron chi connectivity index (χ4n) is 2.63. The summed E-state index contributed by atoms with van der Waals surface area (Å²) in [6.45, 7) is -0.408. The molecule has 0 amide bonds. The van der Waals surface area contributed by atoms with E-state index in [1.165, 1.54) is 0 Å². The molecule has 0 radical (unpaired) electrons. The minimum Gasteiger partial charge on any atom is -0.387 e. The van der Waals surface area contributed by atoms with Gasteiger partial charge in [0, 0.05) is 25.3 Å². The lowest BCUT2D eigenvalue weighted by molar-refractivity contribution is 0.182. The van der Waals surface area contributed by atoms with E-state index in [9.17, 15) is 22.3 Å². The molecule has 3 rings (SSSR count). The van der Waals surface area contributed by atoms with Crippen molar-refractivity contribution in [1.82, 2.24) is 9.29 Å². The molecule has 1 atom stereocenters. The molecule has 2 aromatic carbocycles. The maximum absolute atomic E-state index is 13.6. The fraction of sp³-hybridized carbons (Fsp3) is 0.176. The van der Waals surface area contributed by atoms with Gasteiger partial charge in [0.25, 0.3) is 0 Å². The highest BCUT2D eigenvalue weighted by Gasteiger charge is 2.24. The van der Waals surface area contributed by atoms with Crippen molar-refractivity contribution in [2.24, 2.45) is 7.05 Å². The first-order valence-electron chi connectivity index (χ1n) is 7.46. The largest absolute Gasteiger partial charge is 0.387 e. The first kappa shape index (κ1) is 17.5. The van der Waals surface area contributed by atoms with Crippen LogP contribution in [0.15, 0.2) is 53.6 Å². The number of halogens is 2. The standard InChI is InChI=1S/C17H16F2N2O3S/c1-21-8-7-11-9-12(5-6-15(11)21)16(22)10-20-25(23,24)17-13(18)3-2-4-14(17)19/h2-9,16,20,22H,10H2,1H3. The number of hydrogen-bond donors (Lipinski definition) is 2. The van der Waals surface area contributed by atoms with Crippen LogP contribution in [0.25, 0.3) is 10.9 Å². The molecule has 1 heterocycles. The summed E-state index contributed by atoms with van der Waals surface area (Å²) in [5.74, 6) is -2.37. The van der Waals surface area contributed by atoms with E-state index in [-0.39, 0.29) is 0 Å². The zero-order valence-corrected chi connectivity index (χ0v) is 14.1. The number of hydrogen-bond acceptors (Lipinski definition) is 3. The normalized spacial score (nSPS) is 13.3. The van der Waals surface area contributed by atoms with Crippen molar-refractivity contribution < 1.29 is 22.3 Å². The number of fused-ring (bicyclic) bond motifs is 1. The summed E-state index contributed by atoms with van der Waals surface area (Å²) in [6.07, 6.45) is 0.707. The van der Waals surface area contributed by atoms with Crippen LogP contribution >= 0.6 is 0 Å². The Morgan fingerprint density at radius 1 is 1.16 bits per heavy atom. The molecule has 1 unspecified atom stereocenters. The number of aryl methyl sites for hydroxylation is 1. The van der Waals surface area contributed by atoms with Gasteiger partial charge >= 0.3 is 0 Å². The molecule has 132 valence electrons. The van der Waals surface area contributed by atoms with Crippen molar-refractivity contribution >= 4 is 20.9 Å². The Morgan fingerprint density at radius 2 is 1.84 bits per heavy atom. The highest BCUT2D eigenvalue weighted by molar-refractivity contribution is 7.89. The van der Waals surface area contributed by atoms with E-state index in [0.717, 1.165) is 29.1 Å². The van der Waals surface area contributed by atoms with Crippen LogP contribution < -0.4 is 4.72 Å². The smallest absolute Gasteiger partial charge is 0.246 e. The van der Waals surface area contributed by atoms with Gasteiger partial charge in [0.15, 0.2) is 4.90 Å². The second-order valence-corrected chi connectivity index (χ2v) is 7.37. The summed E-state index contributed by atoms with van der Waals surface area (Å²) in [4.78, 5) is -1.05. The molecule has 5 nitrogen and oxygen atoms in total. The lowest BCUT2D eigenvalue weighted by Gasteiger charge is -2.14. The number of nitrogens with zero attached hydrogens (tertiary/aromatic N) is 1. The topological polar surface area (TPSA) is 71.3 Å². The lowest BCUT2D eigenvalue weighted by Crippen LogP contribution is -2.30. The maximum atomic E-state index is 13.6. The summed E-state index contributed by atoms with van der Waals surface area (Å²) in [5, 5.41) is 11.1. The molecule has 25 heavy (non-hydrogen) atoms. The number of sulfonamides is 1. The summed E-state index contributed by atoms with van der Waals surface area (Å²) >= 11 is 0. The predicted octanol–water partition coefficient (Wildman–Crippen LogP) is 2.47. The Bertz CT molecular complexity index is 1010. The van der Waals surface area contributed by atoms with Crippen molar-refractivity contribution in [3.05, 3.63) is 65.9 Å². The van der Waals surface area contributed by atoms with Crippen molar-refractivity contribution in [3.8, 4) is 0 Å². The van der Waals surface area contributed by atoms with Gasteiger partial charge in [-0.3, -0.25) is 0 Å². The Kier molecular flexibility index (Phi) is 4.59. The van der Waals surface area contributed by atoms with Crippen LogP contribution in [0, 0.1) is 11.6 Å². The monoisotopic (exact) mass is 366 g/mol. The molecule has 0 spiro atoms. The third-order valence-electron chi connectivity index (χ3n) is 3.95. The summed E-state index contributed by atoms with van der Waals surface area (Å²) in [6, 6.07) is 9.87. The molecular formula is C17H16F2N2O3S. The van der Waals surface area contributed by atoms with E-state index >= 15 is 0 Å². The molecule has 8 heteroatoms.